The molecular weight excluding hydrogens is 376 g/mol. The first-order valence-electron chi connectivity index (χ1n) is 10.2. The van der Waals surface area contributed by atoms with Crippen LogP contribution in [0.4, 0.5) is 5.69 Å². The number of pyridine rings is 1. The maximum atomic E-state index is 13.3. The molecule has 4 heteroatoms. The van der Waals surface area contributed by atoms with Crippen LogP contribution in [0.25, 0.3) is 21.3 Å². The highest BCUT2D eigenvalue weighted by atomic mass is 32.1. The molecule has 2 heterocycles. The summed E-state index contributed by atoms with van der Waals surface area (Å²) >= 11 is 1.43. The van der Waals surface area contributed by atoms with Gasteiger partial charge in [0.05, 0.1) is 5.69 Å². The minimum Gasteiger partial charge on any atom is -0.397 e. The van der Waals surface area contributed by atoms with Gasteiger partial charge < -0.3 is 5.73 Å². The number of benzene rings is 2. The van der Waals surface area contributed by atoms with Crippen molar-refractivity contribution in [3.63, 3.8) is 0 Å². The lowest BCUT2D eigenvalue weighted by Crippen LogP contribution is -2.05. The Morgan fingerprint density at radius 1 is 0.931 bits per heavy atom. The van der Waals surface area contributed by atoms with Crippen molar-refractivity contribution in [3.05, 3.63) is 81.4 Å². The van der Waals surface area contributed by atoms with Gasteiger partial charge in [-0.3, -0.25) is 4.79 Å². The Bertz CT molecular complexity index is 1320. The van der Waals surface area contributed by atoms with Crippen molar-refractivity contribution in [2.24, 2.45) is 0 Å². The third-order valence-corrected chi connectivity index (χ3v) is 7.38. The van der Waals surface area contributed by atoms with E-state index in [0.717, 1.165) is 29.5 Å². The number of aryl methyl sites for hydroxylation is 2. The van der Waals surface area contributed by atoms with E-state index in [4.69, 9.17) is 10.7 Å². The number of fused-ring (bicyclic) bond motifs is 5. The Hall–Kier alpha value is -2.98. The van der Waals surface area contributed by atoms with E-state index in [-0.39, 0.29) is 5.78 Å². The van der Waals surface area contributed by atoms with Crippen molar-refractivity contribution in [2.75, 3.05) is 5.73 Å². The van der Waals surface area contributed by atoms with Crippen LogP contribution in [-0.4, -0.2) is 10.8 Å². The molecule has 0 spiro atoms. The lowest BCUT2D eigenvalue weighted by molar-refractivity contribution is 0.104. The third kappa shape index (κ3) is 2.56. The summed E-state index contributed by atoms with van der Waals surface area (Å²) in [5.41, 5.74) is 15.3. The number of carbonyl (C=O) groups excluding carboxylic acids is 1. The highest BCUT2D eigenvalue weighted by Gasteiger charge is 2.24. The highest BCUT2D eigenvalue weighted by Crippen LogP contribution is 2.39. The van der Waals surface area contributed by atoms with Gasteiger partial charge in [0.25, 0.3) is 0 Å². The molecule has 0 saturated carbocycles. The van der Waals surface area contributed by atoms with Crippen LogP contribution in [0.3, 0.4) is 0 Å². The van der Waals surface area contributed by atoms with E-state index in [1.54, 1.807) is 0 Å². The first kappa shape index (κ1) is 16.9. The summed E-state index contributed by atoms with van der Waals surface area (Å²) in [5, 5.41) is 0.938. The van der Waals surface area contributed by atoms with E-state index in [9.17, 15) is 4.79 Å². The van der Waals surface area contributed by atoms with Crippen LogP contribution >= 0.6 is 11.3 Å². The molecule has 2 aliphatic rings. The minimum atomic E-state index is 0.00206. The van der Waals surface area contributed by atoms with Gasteiger partial charge in [0.15, 0.2) is 0 Å². The number of nitrogens with zero attached hydrogens (tertiary/aromatic N) is 1. The number of hydrogen-bond donors (Lipinski definition) is 1. The topological polar surface area (TPSA) is 56.0 Å². The molecule has 6 rings (SSSR count). The molecule has 0 radical (unpaired) electrons. The van der Waals surface area contributed by atoms with Crippen LogP contribution in [0.2, 0.25) is 0 Å². The molecule has 2 aromatic carbocycles. The maximum absolute atomic E-state index is 13.3. The van der Waals surface area contributed by atoms with Crippen molar-refractivity contribution in [1.82, 2.24) is 4.98 Å². The fourth-order valence-electron chi connectivity index (χ4n) is 4.75. The number of nitrogens with two attached hydrogens (primary N) is 1. The van der Waals surface area contributed by atoms with Crippen molar-refractivity contribution >= 4 is 33.0 Å². The number of ketones is 1. The molecule has 4 aromatic rings. The van der Waals surface area contributed by atoms with Crippen LogP contribution in [-0.2, 0) is 19.3 Å². The Labute approximate surface area is 173 Å². The van der Waals surface area contributed by atoms with Gasteiger partial charge in [0.1, 0.15) is 9.71 Å². The zero-order chi connectivity index (χ0) is 19.5. The molecule has 2 N–H and O–H groups in total. The molecule has 0 amide bonds. The third-order valence-electron chi connectivity index (χ3n) is 6.26. The summed E-state index contributed by atoms with van der Waals surface area (Å²) < 4.78 is 0. The average Bonchev–Trinajstić information content (AvgIpc) is 3.28. The molecular formula is C25H20N2OS. The number of hydrogen-bond acceptors (Lipinski definition) is 4. The van der Waals surface area contributed by atoms with Gasteiger partial charge in [-0.25, -0.2) is 4.98 Å². The summed E-state index contributed by atoms with van der Waals surface area (Å²) in [6.45, 7) is 0. The number of carbonyl (C=O) groups is 1. The van der Waals surface area contributed by atoms with Crippen molar-refractivity contribution in [2.45, 2.75) is 32.1 Å². The number of aromatic nitrogens is 1. The number of rotatable bonds is 2. The van der Waals surface area contributed by atoms with Crippen molar-refractivity contribution in [3.8, 4) is 11.1 Å². The number of anilines is 1. The predicted octanol–water partition coefficient (Wildman–Crippen LogP) is 5.56. The van der Waals surface area contributed by atoms with Gasteiger partial charge >= 0.3 is 0 Å². The van der Waals surface area contributed by atoms with Gasteiger partial charge in [-0.1, -0.05) is 36.4 Å². The number of thiophene rings is 1. The highest BCUT2D eigenvalue weighted by molar-refractivity contribution is 7.21. The summed E-state index contributed by atoms with van der Waals surface area (Å²) in [5.74, 6) is 0.00206. The molecule has 0 atom stereocenters. The molecule has 2 aromatic heterocycles. The lowest BCUT2D eigenvalue weighted by atomic mass is 9.95. The van der Waals surface area contributed by atoms with E-state index >= 15 is 0 Å². The first-order chi connectivity index (χ1) is 14.2. The Balaban J connectivity index is 1.42. The van der Waals surface area contributed by atoms with Gasteiger partial charge in [-0.05, 0) is 72.1 Å². The summed E-state index contributed by atoms with van der Waals surface area (Å²) in [6, 6.07) is 16.7. The molecule has 3 nitrogen and oxygen atoms in total. The fourth-order valence-corrected chi connectivity index (χ4v) is 5.80. The van der Waals surface area contributed by atoms with Crippen LogP contribution in [0.15, 0.2) is 48.5 Å². The van der Waals surface area contributed by atoms with Crippen LogP contribution in [0.1, 0.15) is 50.5 Å². The van der Waals surface area contributed by atoms with Crippen molar-refractivity contribution < 1.29 is 4.79 Å². The van der Waals surface area contributed by atoms with Crippen LogP contribution in [0, 0.1) is 0 Å². The van der Waals surface area contributed by atoms with E-state index < -0.39 is 0 Å². The van der Waals surface area contributed by atoms with E-state index in [2.05, 4.69) is 36.4 Å². The Morgan fingerprint density at radius 2 is 1.76 bits per heavy atom. The smallest absolute Gasteiger partial charge is 0.205 e. The molecule has 0 aliphatic heterocycles. The molecule has 2 aliphatic carbocycles. The van der Waals surface area contributed by atoms with Crippen LogP contribution < -0.4 is 5.73 Å². The minimum absolute atomic E-state index is 0.00206. The van der Waals surface area contributed by atoms with Gasteiger partial charge in [0.2, 0.25) is 5.78 Å². The Kier molecular flexibility index (Phi) is 3.65. The quantitative estimate of drug-likeness (QED) is 0.398. The van der Waals surface area contributed by atoms with E-state index in [1.807, 2.05) is 12.1 Å². The summed E-state index contributed by atoms with van der Waals surface area (Å²) in [7, 11) is 0. The second-order valence-corrected chi connectivity index (χ2v) is 9.03. The monoisotopic (exact) mass is 396 g/mol. The standard InChI is InChI=1S/C25H20N2OS/c26-22-20-13-15-6-2-4-8-21(15)27-25(20)29-24(22)23(28)16-9-10-19-17(12-16)11-14-5-1-3-7-18(14)19/h1,3,5,7,9-10,12-13H,2,4,6,8,11,26H2. The number of nitrogen functional groups attached to an aromatic ring is 1. The zero-order valence-electron chi connectivity index (χ0n) is 16.0. The van der Waals surface area contributed by atoms with Gasteiger partial charge in [-0.2, -0.15) is 0 Å². The average molecular weight is 397 g/mol. The van der Waals surface area contributed by atoms with Crippen molar-refractivity contribution in [1.29, 1.82) is 0 Å². The van der Waals surface area contributed by atoms with Crippen LogP contribution in [0.5, 0.6) is 0 Å². The molecule has 0 saturated heterocycles. The molecule has 0 bridgehead atoms. The summed E-state index contributed by atoms with van der Waals surface area (Å²) in [4.78, 5) is 19.7. The fraction of sp³-hybridized carbons (Fsp3) is 0.200. The van der Waals surface area contributed by atoms with Gasteiger partial charge in [0, 0.05) is 16.6 Å². The second kappa shape index (κ2) is 6.26. The molecule has 142 valence electrons. The van der Waals surface area contributed by atoms with E-state index in [1.165, 1.54) is 57.7 Å². The first-order valence-corrected chi connectivity index (χ1v) is 11.0. The normalized spacial score (nSPS) is 14.5. The SMILES string of the molecule is Nc1c(C(=O)c2ccc3c(c2)Cc2ccccc2-3)sc2nc3c(cc12)CCCC3. The second-order valence-electron chi connectivity index (χ2n) is 8.03. The maximum Gasteiger partial charge on any atom is 0.205 e. The lowest BCUT2D eigenvalue weighted by Gasteiger charge is -2.14. The largest absolute Gasteiger partial charge is 0.397 e. The molecule has 0 unspecified atom stereocenters. The zero-order valence-corrected chi connectivity index (χ0v) is 16.8. The Morgan fingerprint density at radius 3 is 2.69 bits per heavy atom. The molecule has 29 heavy (non-hydrogen) atoms. The molecule has 0 fully saturated rings. The van der Waals surface area contributed by atoms with E-state index in [0.29, 0.717) is 16.1 Å². The summed E-state index contributed by atoms with van der Waals surface area (Å²) in [6.07, 6.45) is 5.35. The predicted molar refractivity (Wildman–Crippen MR) is 119 cm³/mol. The van der Waals surface area contributed by atoms with Gasteiger partial charge in [-0.15, -0.1) is 11.3 Å².